The zero-order valence-electron chi connectivity index (χ0n) is 13.1. The summed E-state index contributed by atoms with van der Waals surface area (Å²) < 4.78 is 0. The van der Waals surface area contributed by atoms with Gasteiger partial charge < -0.3 is 15.7 Å². The highest BCUT2D eigenvalue weighted by atomic mass is 16.6. The summed E-state index contributed by atoms with van der Waals surface area (Å²) >= 11 is 0. The second kappa shape index (κ2) is 6.79. The van der Waals surface area contributed by atoms with E-state index >= 15 is 0 Å². The van der Waals surface area contributed by atoms with Crippen LogP contribution < -0.4 is 10.6 Å². The smallest absolute Gasteiger partial charge is 0.329 e. The molecule has 3 rings (SSSR count). The Bertz CT molecular complexity index is 717. The lowest BCUT2D eigenvalue weighted by Crippen LogP contribution is -2.36. The van der Waals surface area contributed by atoms with E-state index in [1.807, 2.05) is 35.2 Å². The van der Waals surface area contributed by atoms with Gasteiger partial charge in [-0.2, -0.15) is 4.98 Å². The Kier molecular flexibility index (Phi) is 4.57. The van der Waals surface area contributed by atoms with E-state index in [2.05, 4.69) is 9.97 Å². The quantitative estimate of drug-likeness (QED) is 0.649. The molecular formula is C16H19N5O3. The van der Waals surface area contributed by atoms with Gasteiger partial charge in [-0.15, -0.1) is 0 Å². The zero-order valence-corrected chi connectivity index (χ0v) is 13.1. The maximum atomic E-state index is 10.8. The van der Waals surface area contributed by atoms with Gasteiger partial charge in [-0.05, 0) is 24.3 Å². The number of nitrogens with zero attached hydrogens (tertiary/aromatic N) is 4. The number of aromatic nitrogens is 2. The highest BCUT2D eigenvalue weighted by Crippen LogP contribution is 2.32. The third-order valence-electron chi connectivity index (χ3n) is 4.39. The summed E-state index contributed by atoms with van der Waals surface area (Å²) in [6, 6.07) is 9.62. The minimum atomic E-state index is -0.596. The number of rotatable bonds is 4. The lowest BCUT2D eigenvalue weighted by atomic mass is 9.87. The van der Waals surface area contributed by atoms with Gasteiger partial charge in [0.1, 0.15) is 6.20 Å². The van der Waals surface area contributed by atoms with Gasteiger partial charge >= 0.3 is 5.69 Å². The summed E-state index contributed by atoms with van der Waals surface area (Å²) in [4.78, 5) is 20.2. The number of anilines is 2. The highest BCUT2D eigenvalue weighted by molar-refractivity contribution is 5.53. The molecule has 1 atom stereocenters. The van der Waals surface area contributed by atoms with Crippen molar-refractivity contribution < 1.29 is 10.0 Å². The molecule has 0 aliphatic carbocycles. The van der Waals surface area contributed by atoms with E-state index in [4.69, 9.17) is 5.73 Å². The number of nitrogens with two attached hydrogens (primary N) is 1. The first-order chi connectivity index (χ1) is 11.6. The third-order valence-corrected chi connectivity index (χ3v) is 4.39. The normalized spacial score (nSPS) is 16.8. The van der Waals surface area contributed by atoms with Crippen molar-refractivity contribution in [3.05, 3.63) is 52.2 Å². The molecule has 2 heterocycles. The van der Waals surface area contributed by atoms with Gasteiger partial charge in [-0.1, -0.05) is 30.3 Å². The van der Waals surface area contributed by atoms with Crippen LogP contribution in [0.5, 0.6) is 0 Å². The summed E-state index contributed by atoms with van der Waals surface area (Å²) in [5, 5.41) is 21.3. The number of nitro groups is 1. The molecule has 0 bridgehead atoms. The van der Waals surface area contributed by atoms with E-state index in [1.54, 1.807) is 0 Å². The molecule has 1 unspecified atom stereocenters. The summed E-state index contributed by atoms with van der Waals surface area (Å²) in [5.41, 5.74) is 6.26. The van der Waals surface area contributed by atoms with Crippen molar-refractivity contribution in [3.8, 4) is 0 Å². The monoisotopic (exact) mass is 329 g/mol. The lowest BCUT2D eigenvalue weighted by molar-refractivity contribution is -0.384. The fourth-order valence-corrected chi connectivity index (χ4v) is 3.01. The topological polar surface area (TPSA) is 118 Å². The molecule has 1 aliphatic heterocycles. The molecule has 8 heteroatoms. The molecule has 1 saturated heterocycles. The number of hydrogen-bond acceptors (Lipinski definition) is 7. The van der Waals surface area contributed by atoms with E-state index in [0.29, 0.717) is 19.0 Å². The van der Waals surface area contributed by atoms with E-state index in [-0.39, 0.29) is 17.4 Å². The number of nitrogen functional groups attached to an aromatic ring is 1. The van der Waals surface area contributed by atoms with Crippen LogP contribution in [0.1, 0.15) is 24.5 Å². The van der Waals surface area contributed by atoms with Crippen LogP contribution in [0.4, 0.5) is 17.5 Å². The van der Waals surface area contributed by atoms with E-state index in [9.17, 15) is 15.2 Å². The SMILES string of the molecule is Nc1nc(N2CCC(C(O)c3ccccc3)CC2)ncc1[N+](=O)[O-]. The summed E-state index contributed by atoms with van der Waals surface area (Å²) in [7, 11) is 0. The van der Waals surface area contributed by atoms with Crippen LogP contribution in [-0.4, -0.2) is 33.1 Å². The first-order valence-electron chi connectivity index (χ1n) is 7.81. The van der Waals surface area contributed by atoms with Gasteiger partial charge in [0.05, 0.1) is 11.0 Å². The fourth-order valence-electron chi connectivity index (χ4n) is 3.01. The molecular weight excluding hydrogens is 310 g/mol. The van der Waals surface area contributed by atoms with Gasteiger partial charge in [0.15, 0.2) is 0 Å². The van der Waals surface area contributed by atoms with E-state index in [1.165, 1.54) is 0 Å². The average molecular weight is 329 g/mol. The first kappa shape index (κ1) is 16.1. The van der Waals surface area contributed by atoms with Gasteiger partial charge in [-0.25, -0.2) is 4.98 Å². The van der Waals surface area contributed by atoms with Crippen LogP contribution >= 0.6 is 0 Å². The van der Waals surface area contributed by atoms with Gasteiger partial charge in [0, 0.05) is 13.1 Å². The molecule has 0 saturated carbocycles. The van der Waals surface area contributed by atoms with E-state index < -0.39 is 11.0 Å². The molecule has 3 N–H and O–H groups in total. The van der Waals surface area contributed by atoms with Crippen LogP contribution in [0, 0.1) is 16.0 Å². The van der Waals surface area contributed by atoms with Gasteiger partial charge in [0.2, 0.25) is 11.8 Å². The number of hydrogen-bond donors (Lipinski definition) is 2. The van der Waals surface area contributed by atoms with Gasteiger partial charge in [-0.3, -0.25) is 10.1 Å². The second-order valence-corrected chi connectivity index (χ2v) is 5.88. The van der Waals surface area contributed by atoms with E-state index in [0.717, 1.165) is 24.6 Å². The Hall–Kier alpha value is -2.74. The van der Waals surface area contributed by atoms with Crippen molar-refractivity contribution in [2.75, 3.05) is 23.7 Å². The van der Waals surface area contributed by atoms with Crippen molar-refractivity contribution in [1.82, 2.24) is 9.97 Å². The van der Waals surface area contributed by atoms with Crippen molar-refractivity contribution in [1.29, 1.82) is 0 Å². The Morgan fingerprint density at radius 3 is 2.54 bits per heavy atom. The van der Waals surface area contributed by atoms with Crippen LogP contribution in [0.15, 0.2) is 36.5 Å². The molecule has 0 amide bonds. The lowest BCUT2D eigenvalue weighted by Gasteiger charge is -2.34. The zero-order chi connectivity index (χ0) is 17.1. The van der Waals surface area contributed by atoms with Gasteiger partial charge in [0.25, 0.3) is 0 Å². The average Bonchev–Trinajstić information content (AvgIpc) is 2.61. The molecule has 0 spiro atoms. The first-order valence-corrected chi connectivity index (χ1v) is 7.81. The van der Waals surface area contributed by atoms with Crippen molar-refractivity contribution >= 4 is 17.5 Å². The minimum absolute atomic E-state index is 0.128. The van der Waals surface area contributed by atoms with Crippen LogP contribution in [0.2, 0.25) is 0 Å². The predicted octanol–water partition coefficient (Wildman–Crippen LogP) is 1.92. The number of aliphatic hydroxyl groups is 1. The molecule has 1 aliphatic rings. The Balaban J connectivity index is 1.65. The number of benzene rings is 1. The molecule has 126 valence electrons. The van der Waals surface area contributed by atoms with Crippen LogP contribution in [-0.2, 0) is 0 Å². The molecule has 1 aromatic carbocycles. The number of aliphatic hydroxyl groups excluding tert-OH is 1. The van der Waals surface area contributed by atoms with Crippen molar-refractivity contribution in [2.45, 2.75) is 18.9 Å². The third kappa shape index (κ3) is 3.28. The summed E-state index contributed by atoms with van der Waals surface area (Å²) in [5.74, 6) is 0.432. The second-order valence-electron chi connectivity index (χ2n) is 5.88. The summed E-state index contributed by atoms with van der Waals surface area (Å²) in [6.07, 6.45) is 2.23. The Morgan fingerprint density at radius 2 is 1.96 bits per heavy atom. The largest absolute Gasteiger partial charge is 0.388 e. The Morgan fingerprint density at radius 1 is 1.29 bits per heavy atom. The van der Waals surface area contributed by atoms with Crippen molar-refractivity contribution in [2.24, 2.45) is 5.92 Å². The molecule has 8 nitrogen and oxygen atoms in total. The summed E-state index contributed by atoms with van der Waals surface area (Å²) in [6.45, 7) is 1.34. The molecule has 24 heavy (non-hydrogen) atoms. The maximum Gasteiger partial charge on any atom is 0.329 e. The predicted molar refractivity (Wildman–Crippen MR) is 89.4 cm³/mol. The molecule has 1 fully saturated rings. The minimum Gasteiger partial charge on any atom is -0.388 e. The Labute approximate surface area is 139 Å². The standard InChI is InChI=1S/C16H19N5O3/c17-15-13(21(23)24)10-18-16(19-15)20-8-6-12(7-9-20)14(22)11-4-2-1-3-5-11/h1-5,10,12,14,22H,6-9H2,(H2,17,18,19). The molecule has 2 aromatic rings. The number of piperidine rings is 1. The molecule has 1 aromatic heterocycles. The molecule has 0 radical (unpaired) electrons. The maximum absolute atomic E-state index is 10.8. The van der Waals surface area contributed by atoms with Crippen LogP contribution in [0.25, 0.3) is 0 Å². The fraction of sp³-hybridized carbons (Fsp3) is 0.375. The highest BCUT2D eigenvalue weighted by Gasteiger charge is 2.28. The van der Waals surface area contributed by atoms with Crippen LogP contribution in [0.3, 0.4) is 0 Å². The van der Waals surface area contributed by atoms with Crippen molar-refractivity contribution in [3.63, 3.8) is 0 Å².